The molecule has 1 rings (SSSR count). The first kappa shape index (κ1) is 15.1. The average Bonchev–Trinajstić information content (AvgIpc) is 2.36. The normalized spacial score (nSPS) is 23.4. The van der Waals surface area contributed by atoms with Crippen LogP contribution in [0.2, 0.25) is 0 Å². The summed E-state index contributed by atoms with van der Waals surface area (Å²) >= 11 is 0. The van der Waals surface area contributed by atoms with Gasteiger partial charge in [-0.2, -0.15) is 0 Å². The Bertz CT molecular complexity index is 431. The van der Waals surface area contributed by atoms with Crippen molar-refractivity contribution in [2.75, 3.05) is 20.2 Å². The number of esters is 1. The first-order valence-electron chi connectivity index (χ1n) is 5.88. The second kappa shape index (κ2) is 5.79. The molecule has 0 aromatic heterocycles. The zero-order chi connectivity index (χ0) is 13.9. The van der Waals surface area contributed by atoms with Gasteiger partial charge in [0.15, 0.2) is 5.25 Å². The van der Waals surface area contributed by atoms with Crippen LogP contribution >= 0.6 is 0 Å². The molecule has 7 heteroatoms. The number of ether oxygens (including phenoxy) is 1. The summed E-state index contributed by atoms with van der Waals surface area (Å²) in [4.78, 5) is 22.6. The fourth-order valence-electron chi connectivity index (χ4n) is 2.02. The van der Waals surface area contributed by atoms with Gasteiger partial charge in [-0.25, -0.2) is 12.7 Å². The highest BCUT2D eigenvalue weighted by atomic mass is 32.2. The fourth-order valence-corrected chi connectivity index (χ4v) is 3.57. The van der Waals surface area contributed by atoms with Gasteiger partial charge in [0.05, 0.1) is 7.11 Å². The molecule has 0 aromatic carbocycles. The lowest BCUT2D eigenvalue weighted by Crippen LogP contribution is -2.47. The van der Waals surface area contributed by atoms with Crippen molar-refractivity contribution in [3.8, 4) is 0 Å². The van der Waals surface area contributed by atoms with Crippen LogP contribution in [0.25, 0.3) is 0 Å². The zero-order valence-corrected chi connectivity index (χ0v) is 11.7. The predicted octanol–water partition coefficient (Wildman–Crippen LogP) is 0.179. The number of methoxy groups -OCH3 is 1. The third kappa shape index (κ3) is 3.08. The van der Waals surface area contributed by atoms with Gasteiger partial charge in [0.1, 0.15) is 5.78 Å². The van der Waals surface area contributed by atoms with Crippen molar-refractivity contribution >= 4 is 21.8 Å². The molecular formula is C11H19NO5S. The second-order valence-corrected chi connectivity index (χ2v) is 6.77. The van der Waals surface area contributed by atoms with E-state index in [1.807, 2.05) is 0 Å². The van der Waals surface area contributed by atoms with E-state index in [2.05, 4.69) is 4.74 Å². The van der Waals surface area contributed by atoms with E-state index in [1.54, 1.807) is 0 Å². The van der Waals surface area contributed by atoms with Gasteiger partial charge in [-0.05, 0) is 26.7 Å². The summed E-state index contributed by atoms with van der Waals surface area (Å²) in [7, 11) is -2.58. The van der Waals surface area contributed by atoms with Gasteiger partial charge in [0.25, 0.3) is 0 Å². The molecule has 2 unspecified atom stereocenters. The largest absolute Gasteiger partial charge is 0.468 e. The number of carbonyl (C=O) groups excluding carboxylic acids is 2. The molecule has 1 fully saturated rings. The van der Waals surface area contributed by atoms with E-state index in [4.69, 9.17) is 0 Å². The van der Waals surface area contributed by atoms with Crippen molar-refractivity contribution in [2.24, 2.45) is 5.92 Å². The summed E-state index contributed by atoms with van der Waals surface area (Å²) in [5.74, 6) is -1.06. The minimum absolute atomic E-state index is 0.0133. The summed E-state index contributed by atoms with van der Waals surface area (Å²) in [6, 6.07) is 0. The van der Waals surface area contributed by atoms with Crippen molar-refractivity contribution < 1.29 is 22.7 Å². The van der Waals surface area contributed by atoms with E-state index in [-0.39, 0.29) is 18.2 Å². The van der Waals surface area contributed by atoms with Gasteiger partial charge in [0, 0.05) is 19.0 Å². The summed E-state index contributed by atoms with van der Waals surface area (Å²) < 4.78 is 30.0. The highest BCUT2D eigenvalue weighted by molar-refractivity contribution is 7.90. The second-order valence-electron chi connectivity index (χ2n) is 4.52. The Hall–Kier alpha value is -0.950. The molecule has 0 radical (unpaired) electrons. The minimum atomic E-state index is -3.73. The number of ketones is 1. The molecule has 0 N–H and O–H groups in total. The lowest BCUT2D eigenvalue weighted by atomic mass is 9.96. The Morgan fingerprint density at radius 2 is 2.00 bits per heavy atom. The van der Waals surface area contributed by atoms with Crippen molar-refractivity contribution in [2.45, 2.75) is 31.9 Å². The number of piperidine rings is 1. The smallest absolute Gasteiger partial charge is 0.325 e. The van der Waals surface area contributed by atoms with E-state index in [0.29, 0.717) is 19.4 Å². The Balaban J connectivity index is 2.85. The van der Waals surface area contributed by atoms with E-state index in [9.17, 15) is 18.0 Å². The first-order chi connectivity index (χ1) is 8.30. The van der Waals surface area contributed by atoms with Crippen LogP contribution in [0.15, 0.2) is 0 Å². The van der Waals surface area contributed by atoms with Gasteiger partial charge in [-0.3, -0.25) is 9.59 Å². The molecule has 0 spiro atoms. The molecule has 0 amide bonds. The van der Waals surface area contributed by atoms with Gasteiger partial charge in [-0.15, -0.1) is 0 Å². The molecule has 1 heterocycles. The quantitative estimate of drug-likeness (QED) is 0.685. The van der Waals surface area contributed by atoms with E-state index >= 15 is 0 Å². The maximum atomic E-state index is 12.2. The van der Waals surface area contributed by atoms with Crippen LogP contribution in [0.5, 0.6) is 0 Å². The van der Waals surface area contributed by atoms with Crippen molar-refractivity contribution in [1.82, 2.24) is 4.31 Å². The number of hydrogen-bond acceptors (Lipinski definition) is 5. The van der Waals surface area contributed by atoms with Crippen molar-refractivity contribution in [1.29, 1.82) is 0 Å². The maximum absolute atomic E-state index is 12.2. The van der Waals surface area contributed by atoms with Gasteiger partial charge in [-0.1, -0.05) is 0 Å². The zero-order valence-electron chi connectivity index (χ0n) is 10.9. The first-order valence-corrected chi connectivity index (χ1v) is 7.38. The van der Waals surface area contributed by atoms with Gasteiger partial charge < -0.3 is 4.74 Å². The van der Waals surface area contributed by atoms with Crippen LogP contribution in [-0.2, 0) is 24.3 Å². The summed E-state index contributed by atoms with van der Waals surface area (Å²) in [5.41, 5.74) is 0. The number of carbonyl (C=O) groups is 2. The van der Waals surface area contributed by atoms with Crippen LogP contribution in [0, 0.1) is 5.92 Å². The summed E-state index contributed by atoms with van der Waals surface area (Å²) in [6.07, 6.45) is 1.34. The lowest BCUT2D eigenvalue weighted by molar-refractivity contribution is -0.139. The number of hydrogen-bond donors (Lipinski definition) is 0. The van der Waals surface area contributed by atoms with Crippen molar-refractivity contribution in [3.05, 3.63) is 0 Å². The fraction of sp³-hybridized carbons (Fsp3) is 0.818. The van der Waals surface area contributed by atoms with Crippen LogP contribution in [0.3, 0.4) is 0 Å². The molecule has 0 aliphatic carbocycles. The molecule has 104 valence electrons. The summed E-state index contributed by atoms with van der Waals surface area (Å²) in [5, 5.41) is -1.23. The van der Waals surface area contributed by atoms with Crippen LogP contribution < -0.4 is 0 Å². The highest BCUT2D eigenvalue weighted by Gasteiger charge is 2.37. The van der Waals surface area contributed by atoms with Gasteiger partial charge >= 0.3 is 5.97 Å². The molecule has 6 nitrogen and oxygen atoms in total. The molecule has 18 heavy (non-hydrogen) atoms. The Morgan fingerprint density at radius 1 is 1.39 bits per heavy atom. The third-order valence-corrected chi connectivity index (χ3v) is 5.44. The standard InChI is InChI=1S/C11H19NO5S/c1-8(13)10-5-4-6-12(7-10)18(15,16)9(2)11(14)17-3/h9-10H,4-7H2,1-3H3. The molecular weight excluding hydrogens is 258 g/mol. The number of sulfonamides is 1. The Labute approximate surface area is 107 Å². The molecule has 0 aromatic rings. The topological polar surface area (TPSA) is 80.8 Å². The Morgan fingerprint density at radius 3 is 2.50 bits per heavy atom. The summed E-state index contributed by atoms with van der Waals surface area (Å²) in [6.45, 7) is 3.29. The Kier molecular flexibility index (Phi) is 4.86. The highest BCUT2D eigenvalue weighted by Crippen LogP contribution is 2.22. The van der Waals surface area contributed by atoms with E-state index < -0.39 is 21.2 Å². The minimum Gasteiger partial charge on any atom is -0.468 e. The van der Waals surface area contributed by atoms with Gasteiger partial charge in [0.2, 0.25) is 10.0 Å². The van der Waals surface area contributed by atoms with Crippen LogP contribution in [0.1, 0.15) is 26.7 Å². The van der Waals surface area contributed by atoms with Crippen LogP contribution in [-0.4, -0.2) is 49.9 Å². The maximum Gasteiger partial charge on any atom is 0.325 e. The van der Waals surface area contributed by atoms with Crippen molar-refractivity contribution in [3.63, 3.8) is 0 Å². The van der Waals surface area contributed by atoms with E-state index in [0.717, 1.165) is 7.11 Å². The predicted molar refractivity (Wildman–Crippen MR) is 65.4 cm³/mol. The molecule has 0 saturated carbocycles. The SMILES string of the molecule is COC(=O)C(C)S(=O)(=O)N1CCCC(C(C)=O)C1. The lowest BCUT2D eigenvalue weighted by Gasteiger charge is -2.31. The monoisotopic (exact) mass is 277 g/mol. The molecule has 1 aliphatic heterocycles. The van der Waals surface area contributed by atoms with Crippen LogP contribution in [0.4, 0.5) is 0 Å². The molecule has 0 bridgehead atoms. The molecule has 1 aliphatic rings. The number of nitrogens with zero attached hydrogens (tertiary/aromatic N) is 1. The number of rotatable bonds is 4. The third-order valence-electron chi connectivity index (χ3n) is 3.30. The molecule has 2 atom stereocenters. The molecule has 1 saturated heterocycles. The number of Topliss-reactive ketones (excluding diaryl/α,β-unsaturated/α-hetero) is 1. The average molecular weight is 277 g/mol. The van der Waals surface area contributed by atoms with E-state index in [1.165, 1.54) is 18.2 Å².